The summed E-state index contributed by atoms with van der Waals surface area (Å²) in [4.78, 5) is 12.0. The third-order valence-corrected chi connectivity index (χ3v) is 4.08. The number of hydrogen-bond acceptors (Lipinski definition) is 3. The number of methoxy groups -OCH3 is 1. The van der Waals surface area contributed by atoms with E-state index >= 15 is 0 Å². The molecule has 1 aromatic carbocycles. The van der Waals surface area contributed by atoms with Gasteiger partial charge in [-0.15, -0.1) is 0 Å². The maximum absolute atomic E-state index is 12.0. The van der Waals surface area contributed by atoms with Crippen LogP contribution in [0.1, 0.15) is 58.8 Å². The Kier molecular flexibility index (Phi) is 10.2. The molecule has 1 rings (SSSR count). The molecule has 0 aliphatic heterocycles. The van der Waals surface area contributed by atoms with E-state index in [0.29, 0.717) is 12.5 Å². The normalized spacial score (nSPS) is 13.3. The van der Waals surface area contributed by atoms with Gasteiger partial charge in [-0.05, 0) is 24.8 Å². The number of esters is 1. The summed E-state index contributed by atoms with van der Waals surface area (Å²) in [5.74, 6) is 0.968. The number of para-hydroxylation sites is 1. The van der Waals surface area contributed by atoms with E-state index in [9.17, 15) is 4.79 Å². The lowest BCUT2D eigenvalue weighted by Crippen LogP contribution is -2.21. The number of carbonyl (C=O) groups is 1. The number of hydrogen-bond donors (Lipinski definition) is 0. The van der Waals surface area contributed by atoms with Gasteiger partial charge < -0.3 is 9.47 Å². The minimum atomic E-state index is -0.0846. The Balaban J connectivity index is 2.34. The van der Waals surface area contributed by atoms with Crippen LogP contribution in [0.25, 0.3) is 0 Å². The molecule has 2 atom stereocenters. The van der Waals surface area contributed by atoms with Crippen molar-refractivity contribution >= 4 is 5.97 Å². The maximum Gasteiger partial charge on any atom is 0.308 e. The van der Waals surface area contributed by atoms with Crippen molar-refractivity contribution in [3.8, 4) is 5.75 Å². The van der Waals surface area contributed by atoms with E-state index in [-0.39, 0.29) is 11.9 Å². The van der Waals surface area contributed by atoms with Crippen LogP contribution in [0, 0.1) is 17.9 Å². The largest absolute Gasteiger partial charge is 0.493 e. The van der Waals surface area contributed by atoms with Gasteiger partial charge in [0.1, 0.15) is 5.75 Å². The van der Waals surface area contributed by atoms with Gasteiger partial charge >= 0.3 is 5.97 Å². The van der Waals surface area contributed by atoms with Gasteiger partial charge in [0.2, 0.25) is 0 Å². The molecule has 23 heavy (non-hydrogen) atoms. The minimum Gasteiger partial charge on any atom is -0.493 e. The monoisotopic (exact) mass is 319 g/mol. The fraction of sp³-hybridized carbons (Fsp3) is 0.650. The summed E-state index contributed by atoms with van der Waals surface area (Å²) in [5.41, 5.74) is 0. The highest BCUT2D eigenvalue weighted by Crippen LogP contribution is 2.22. The van der Waals surface area contributed by atoms with Crippen LogP contribution in [-0.2, 0) is 9.53 Å². The highest BCUT2D eigenvalue weighted by atomic mass is 16.5. The molecule has 0 N–H and O–H groups in total. The van der Waals surface area contributed by atoms with Crippen LogP contribution in [0.5, 0.6) is 5.75 Å². The van der Waals surface area contributed by atoms with Gasteiger partial charge in [-0.3, -0.25) is 4.79 Å². The molecular weight excluding hydrogens is 288 g/mol. The summed E-state index contributed by atoms with van der Waals surface area (Å²) in [6.45, 7) is 4.93. The zero-order valence-electron chi connectivity index (χ0n) is 14.8. The van der Waals surface area contributed by atoms with Gasteiger partial charge in [0.15, 0.2) is 0 Å². The van der Waals surface area contributed by atoms with Crippen molar-refractivity contribution in [2.24, 2.45) is 11.8 Å². The molecule has 3 nitrogen and oxygen atoms in total. The average Bonchev–Trinajstić information content (AvgIpc) is 2.59. The zero-order chi connectivity index (χ0) is 16.9. The van der Waals surface area contributed by atoms with Crippen LogP contribution in [0.2, 0.25) is 0 Å². The van der Waals surface area contributed by atoms with E-state index in [0.717, 1.165) is 25.0 Å². The lowest BCUT2D eigenvalue weighted by molar-refractivity contribution is -0.146. The first-order chi connectivity index (χ1) is 11.2. The van der Waals surface area contributed by atoms with Gasteiger partial charge in [-0.25, -0.2) is 0 Å². The van der Waals surface area contributed by atoms with E-state index in [1.54, 1.807) is 0 Å². The fourth-order valence-electron chi connectivity index (χ4n) is 2.75. The van der Waals surface area contributed by atoms with Crippen molar-refractivity contribution < 1.29 is 14.3 Å². The molecule has 0 aromatic heterocycles. The SMILES string of the molecule is CCCCCCCC(CC(C)COc1[c]cccc1)C(=O)OC. The van der Waals surface area contributed by atoms with Crippen LogP contribution in [0.4, 0.5) is 0 Å². The summed E-state index contributed by atoms with van der Waals surface area (Å²) in [6.07, 6.45) is 7.80. The van der Waals surface area contributed by atoms with Gasteiger partial charge in [-0.1, -0.05) is 64.2 Å². The van der Waals surface area contributed by atoms with Crippen LogP contribution in [0.15, 0.2) is 24.3 Å². The second-order valence-electron chi connectivity index (χ2n) is 6.30. The number of benzene rings is 1. The smallest absolute Gasteiger partial charge is 0.308 e. The molecule has 0 heterocycles. The molecule has 0 amide bonds. The Morgan fingerprint density at radius 3 is 2.65 bits per heavy atom. The van der Waals surface area contributed by atoms with E-state index in [2.05, 4.69) is 19.9 Å². The molecular formula is C20H31O3. The molecule has 0 spiro atoms. The Morgan fingerprint density at radius 1 is 1.22 bits per heavy atom. The summed E-state index contributed by atoms with van der Waals surface area (Å²) >= 11 is 0. The third-order valence-electron chi connectivity index (χ3n) is 4.08. The van der Waals surface area contributed by atoms with Crippen LogP contribution in [-0.4, -0.2) is 19.7 Å². The molecule has 0 aliphatic carbocycles. The molecule has 0 saturated carbocycles. The zero-order valence-corrected chi connectivity index (χ0v) is 14.8. The Labute approximate surface area is 141 Å². The molecule has 0 saturated heterocycles. The second-order valence-corrected chi connectivity index (χ2v) is 6.30. The van der Waals surface area contributed by atoms with Crippen molar-refractivity contribution in [3.63, 3.8) is 0 Å². The molecule has 1 aromatic rings. The molecule has 129 valence electrons. The molecule has 2 unspecified atom stereocenters. The van der Waals surface area contributed by atoms with Gasteiger partial charge in [0.25, 0.3) is 0 Å². The number of ether oxygens (including phenoxy) is 2. The van der Waals surface area contributed by atoms with Crippen molar-refractivity contribution in [2.75, 3.05) is 13.7 Å². The summed E-state index contributed by atoms with van der Waals surface area (Å²) < 4.78 is 10.7. The molecule has 0 fully saturated rings. The number of rotatable bonds is 12. The summed E-state index contributed by atoms with van der Waals surface area (Å²) in [5, 5.41) is 0. The third kappa shape index (κ3) is 8.63. The van der Waals surface area contributed by atoms with Crippen molar-refractivity contribution in [1.82, 2.24) is 0 Å². The average molecular weight is 319 g/mol. The topological polar surface area (TPSA) is 35.5 Å². The molecule has 3 heteroatoms. The lowest BCUT2D eigenvalue weighted by Gasteiger charge is -2.19. The predicted molar refractivity (Wildman–Crippen MR) is 93.4 cm³/mol. The minimum absolute atomic E-state index is 0.0139. The summed E-state index contributed by atoms with van der Waals surface area (Å²) in [6, 6.07) is 10.6. The maximum atomic E-state index is 12.0. The lowest BCUT2D eigenvalue weighted by atomic mass is 9.91. The van der Waals surface area contributed by atoms with E-state index in [1.807, 2.05) is 24.3 Å². The van der Waals surface area contributed by atoms with E-state index < -0.39 is 0 Å². The van der Waals surface area contributed by atoms with Crippen LogP contribution >= 0.6 is 0 Å². The predicted octanol–water partition coefficient (Wildman–Crippen LogP) is 5.04. The van der Waals surface area contributed by atoms with Gasteiger partial charge in [-0.2, -0.15) is 0 Å². The Bertz CT molecular complexity index is 416. The van der Waals surface area contributed by atoms with Crippen LogP contribution in [0.3, 0.4) is 0 Å². The fourth-order valence-corrected chi connectivity index (χ4v) is 2.75. The first-order valence-electron chi connectivity index (χ1n) is 8.84. The first kappa shape index (κ1) is 19.5. The van der Waals surface area contributed by atoms with Crippen molar-refractivity contribution in [3.05, 3.63) is 30.3 Å². The molecule has 0 bridgehead atoms. The first-order valence-corrected chi connectivity index (χ1v) is 8.84. The van der Waals surface area contributed by atoms with Crippen molar-refractivity contribution in [2.45, 2.75) is 58.8 Å². The number of unbranched alkanes of at least 4 members (excludes halogenated alkanes) is 4. The Hall–Kier alpha value is -1.51. The van der Waals surface area contributed by atoms with E-state index in [1.165, 1.54) is 32.8 Å². The van der Waals surface area contributed by atoms with Gasteiger partial charge in [0, 0.05) is 6.07 Å². The molecule has 0 aliphatic rings. The van der Waals surface area contributed by atoms with Crippen molar-refractivity contribution in [1.29, 1.82) is 0 Å². The number of carbonyl (C=O) groups excluding carboxylic acids is 1. The standard InChI is InChI=1S/C20H31O3/c1-4-5-6-7-9-12-18(20(21)22-3)15-17(2)16-23-19-13-10-8-11-14-19/h8,10-11,13,17-18H,4-7,9,12,15-16H2,1-3H3. The quantitative estimate of drug-likeness (QED) is 0.400. The second kappa shape index (κ2) is 12.0. The highest BCUT2D eigenvalue weighted by molar-refractivity contribution is 5.72. The Morgan fingerprint density at radius 2 is 2.00 bits per heavy atom. The van der Waals surface area contributed by atoms with E-state index in [4.69, 9.17) is 9.47 Å². The summed E-state index contributed by atoms with van der Waals surface area (Å²) in [7, 11) is 1.48. The van der Waals surface area contributed by atoms with Gasteiger partial charge in [0.05, 0.1) is 19.6 Å². The highest BCUT2D eigenvalue weighted by Gasteiger charge is 2.21. The van der Waals surface area contributed by atoms with Crippen LogP contribution < -0.4 is 4.74 Å². The molecule has 1 radical (unpaired) electrons.